The Morgan fingerprint density at radius 1 is 0.957 bits per heavy atom. The number of rotatable bonds is 2. The second-order valence-corrected chi connectivity index (χ2v) is 5.77. The number of carbonyl (C=O) groups excluding carboxylic acids is 1. The Balaban J connectivity index is 1.76. The number of nitrogens with one attached hydrogen (secondary N) is 2. The van der Waals surface area contributed by atoms with Crippen LogP contribution in [0.4, 0.5) is 5.69 Å². The molecule has 112 valence electrons. The van der Waals surface area contributed by atoms with Gasteiger partial charge < -0.3 is 10.3 Å². The summed E-state index contributed by atoms with van der Waals surface area (Å²) in [6, 6.07) is 18.3. The summed E-state index contributed by atoms with van der Waals surface area (Å²) in [5.74, 6) is -0.0579. The molecule has 1 aliphatic heterocycles. The normalized spacial score (nSPS) is 14.8. The number of hydrogen-bond donors (Lipinski definition) is 2. The number of aryl methyl sites for hydroxylation is 1. The number of amides is 1. The van der Waals surface area contributed by atoms with E-state index in [2.05, 4.69) is 28.5 Å². The van der Waals surface area contributed by atoms with Gasteiger partial charge in [-0.1, -0.05) is 42.5 Å². The first-order valence-electron chi connectivity index (χ1n) is 7.58. The van der Waals surface area contributed by atoms with Crippen molar-refractivity contribution in [3.8, 4) is 11.1 Å². The van der Waals surface area contributed by atoms with Crippen molar-refractivity contribution in [2.24, 2.45) is 0 Å². The predicted octanol–water partition coefficient (Wildman–Crippen LogP) is 4.48. The van der Waals surface area contributed by atoms with Crippen molar-refractivity contribution in [3.63, 3.8) is 0 Å². The molecule has 4 rings (SSSR count). The number of fused-ring (bicyclic) bond motifs is 1. The highest BCUT2D eigenvalue weighted by Gasteiger charge is 2.24. The lowest BCUT2D eigenvalue weighted by Gasteiger charge is -2.04. The first kappa shape index (κ1) is 13.6. The van der Waals surface area contributed by atoms with Gasteiger partial charge in [0.2, 0.25) is 0 Å². The van der Waals surface area contributed by atoms with Crippen LogP contribution in [0.25, 0.3) is 22.8 Å². The van der Waals surface area contributed by atoms with E-state index in [4.69, 9.17) is 0 Å². The van der Waals surface area contributed by atoms with Crippen LogP contribution in [-0.2, 0) is 4.79 Å². The number of anilines is 1. The molecule has 0 fully saturated rings. The molecule has 3 heteroatoms. The third-order valence-corrected chi connectivity index (χ3v) is 4.06. The minimum atomic E-state index is -0.0579. The van der Waals surface area contributed by atoms with Gasteiger partial charge in [0.05, 0.1) is 5.57 Å². The van der Waals surface area contributed by atoms with E-state index >= 15 is 0 Å². The van der Waals surface area contributed by atoms with Crippen LogP contribution in [0.15, 0.2) is 60.8 Å². The Kier molecular flexibility index (Phi) is 3.12. The molecule has 0 aliphatic carbocycles. The van der Waals surface area contributed by atoms with Gasteiger partial charge in [0.15, 0.2) is 0 Å². The summed E-state index contributed by atoms with van der Waals surface area (Å²) in [6.07, 6.45) is 3.83. The van der Waals surface area contributed by atoms with Gasteiger partial charge in [-0.2, -0.15) is 0 Å². The van der Waals surface area contributed by atoms with Crippen molar-refractivity contribution >= 4 is 23.2 Å². The maximum atomic E-state index is 12.3. The molecule has 0 atom stereocenters. The second kappa shape index (κ2) is 5.29. The summed E-state index contributed by atoms with van der Waals surface area (Å²) in [7, 11) is 0. The minimum Gasteiger partial charge on any atom is -0.361 e. The van der Waals surface area contributed by atoms with Crippen molar-refractivity contribution in [1.29, 1.82) is 0 Å². The number of carbonyl (C=O) groups is 1. The zero-order chi connectivity index (χ0) is 15.8. The van der Waals surface area contributed by atoms with E-state index in [1.807, 2.05) is 55.6 Å². The standard InChI is InChI=1S/C20H16N2O/c1-13-9-16(21-12-13)11-18-17-8-7-15(10-19(17)22-20(18)23)14-5-3-2-4-6-14/h2-12,21H,1H3,(H,22,23). The van der Waals surface area contributed by atoms with E-state index < -0.39 is 0 Å². The van der Waals surface area contributed by atoms with E-state index in [-0.39, 0.29) is 5.91 Å². The monoisotopic (exact) mass is 300 g/mol. The van der Waals surface area contributed by atoms with Crippen LogP contribution in [0, 0.1) is 6.92 Å². The fourth-order valence-electron chi connectivity index (χ4n) is 2.91. The molecule has 3 aromatic rings. The molecular formula is C20H16N2O. The third kappa shape index (κ3) is 2.46. The number of benzene rings is 2. The lowest BCUT2D eigenvalue weighted by Crippen LogP contribution is -2.03. The number of H-pyrrole nitrogens is 1. The molecule has 0 saturated carbocycles. The largest absolute Gasteiger partial charge is 0.361 e. The van der Waals surface area contributed by atoms with Crippen molar-refractivity contribution < 1.29 is 4.79 Å². The van der Waals surface area contributed by atoms with E-state index in [0.717, 1.165) is 33.6 Å². The van der Waals surface area contributed by atoms with Gasteiger partial charge in [-0.05, 0) is 41.8 Å². The minimum absolute atomic E-state index is 0.0579. The maximum absolute atomic E-state index is 12.3. The first-order chi connectivity index (χ1) is 11.2. The summed E-state index contributed by atoms with van der Waals surface area (Å²) >= 11 is 0. The van der Waals surface area contributed by atoms with Crippen molar-refractivity contribution in [2.45, 2.75) is 6.92 Å². The van der Waals surface area contributed by atoms with Crippen LogP contribution in [0.1, 0.15) is 16.8 Å². The molecule has 0 radical (unpaired) electrons. The Bertz CT molecular complexity index is 920. The second-order valence-electron chi connectivity index (χ2n) is 5.77. The van der Waals surface area contributed by atoms with E-state index in [0.29, 0.717) is 5.57 Å². The van der Waals surface area contributed by atoms with E-state index in [1.165, 1.54) is 0 Å². The topological polar surface area (TPSA) is 44.9 Å². The van der Waals surface area contributed by atoms with Gasteiger partial charge in [-0.15, -0.1) is 0 Å². The average Bonchev–Trinajstić information content (AvgIpc) is 3.11. The van der Waals surface area contributed by atoms with Gasteiger partial charge in [0.25, 0.3) is 5.91 Å². The fraction of sp³-hybridized carbons (Fsp3) is 0.0500. The highest BCUT2D eigenvalue weighted by molar-refractivity contribution is 6.35. The molecule has 1 amide bonds. The number of aromatic amines is 1. The zero-order valence-electron chi connectivity index (χ0n) is 12.8. The predicted molar refractivity (Wildman–Crippen MR) is 93.9 cm³/mol. The molecule has 0 spiro atoms. The average molecular weight is 300 g/mol. The summed E-state index contributed by atoms with van der Waals surface area (Å²) in [4.78, 5) is 15.5. The summed E-state index contributed by atoms with van der Waals surface area (Å²) < 4.78 is 0. The molecule has 2 heterocycles. The van der Waals surface area contributed by atoms with Crippen LogP contribution >= 0.6 is 0 Å². The summed E-state index contributed by atoms with van der Waals surface area (Å²) in [6.45, 7) is 2.02. The van der Waals surface area contributed by atoms with Crippen molar-refractivity contribution in [2.75, 3.05) is 5.32 Å². The van der Waals surface area contributed by atoms with Crippen LogP contribution in [-0.4, -0.2) is 10.9 Å². The van der Waals surface area contributed by atoms with Crippen molar-refractivity contribution in [3.05, 3.63) is 77.6 Å². The van der Waals surface area contributed by atoms with Crippen LogP contribution in [0.2, 0.25) is 0 Å². The molecule has 1 aliphatic rings. The fourth-order valence-corrected chi connectivity index (χ4v) is 2.91. The summed E-state index contributed by atoms with van der Waals surface area (Å²) in [5, 5.41) is 2.96. The van der Waals surface area contributed by atoms with E-state index in [9.17, 15) is 4.79 Å². The Morgan fingerprint density at radius 2 is 1.78 bits per heavy atom. The van der Waals surface area contributed by atoms with Gasteiger partial charge in [-0.25, -0.2) is 0 Å². The lowest BCUT2D eigenvalue weighted by molar-refractivity contribution is -0.110. The molecule has 0 saturated heterocycles. The van der Waals surface area contributed by atoms with E-state index in [1.54, 1.807) is 0 Å². The molecule has 2 aromatic carbocycles. The Hall–Kier alpha value is -3.07. The van der Waals surface area contributed by atoms with Gasteiger partial charge in [-0.3, -0.25) is 4.79 Å². The van der Waals surface area contributed by atoms with Gasteiger partial charge in [0, 0.05) is 23.1 Å². The lowest BCUT2D eigenvalue weighted by atomic mass is 10.00. The number of aromatic nitrogens is 1. The highest BCUT2D eigenvalue weighted by Crippen LogP contribution is 2.36. The SMILES string of the molecule is Cc1c[nH]c(C=C2C(=O)Nc3cc(-c4ccccc4)ccc32)c1. The molecule has 2 N–H and O–H groups in total. The zero-order valence-corrected chi connectivity index (χ0v) is 12.8. The Morgan fingerprint density at radius 3 is 2.52 bits per heavy atom. The quantitative estimate of drug-likeness (QED) is 0.673. The maximum Gasteiger partial charge on any atom is 0.256 e. The van der Waals surface area contributed by atoms with Crippen LogP contribution < -0.4 is 5.32 Å². The third-order valence-electron chi connectivity index (χ3n) is 4.06. The van der Waals surface area contributed by atoms with Gasteiger partial charge in [0.1, 0.15) is 0 Å². The molecule has 0 bridgehead atoms. The number of hydrogen-bond acceptors (Lipinski definition) is 1. The Labute approximate surface area is 134 Å². The van der Waals surface area contributed by atoms with Crippen LogP contribution in [0.3, 0.4) is 0 Å². The highest BCUT2D eigenvalue weighted by atomic mass is 16.2. The molecule has 0 unspecified atom stereocenters. The molecule has 1 aromatic heterocycles. The first-order valence-corrected chi connectivity index (χ1v) is 7.58. The molecule has 23 heavy (non-hydrogen) atoms. The van der Waals surface area contributed by atoms with Crippen molar-refractivity contribution in [1.82, 2.24) is 4.98 Å². The molecular weight excluding hydrogens is 284 g/mol. The molecule has 3 nitrogen and oxygen atoms in total. The van der Waals surface area contributed by atoms with Gasteiger partial charge >= 0.3 is 0 Å². The van der Waals surface area contributed by atoms with Crippen LogP contribution in [0.5, 0.6) is 0 Å². The summed E-state index contributed by atoms with van der Waals surface area (Å²) in [5.41, 5.74) is 6.83. The smallest absolute Gasteiger partial charge is 0.256 e.